The SMILES string of the molecule is COC(=O)[C@@H](NC(=O)N1CCC(CC(=O)N2CCC([C@H]3c4ncc(Br)cc4CCc4cc(Cl)cc(Br)c43)CC2)CC1)C(C)C. The zero-order valence-electron chi connectivity index (χ0n) is 25.6. The first kappa shape index (κ1) is 33.2. The number of esters is 1. The minimum atomic E-state index is -0.675. The molecule has 3 aliphatic rings. The summed E-state index contributed by atoms with van der Waals surface area (Å²) in [5.41, 5.74) is 4.97. The maximum Gasteiger partial charge on any atom is 0.328 e. The summed E-state index contributed by atoms with van der Waals surface area (Å²) < 4.78 is 6.87. The number of carbonyl (C=O) groups is 3. The number of rotatable bonds is 6. The summed E-state index contributed by atoms with van der Waals surface area (Å²) in [7, 11) is 1.33. The Bertz CT molecular complexity index is 1390. The highest BCUT2D eigenvalue weighted by Gasteiger charge is 2.37. The fourth-order valence-electron chi connectivity index (χ4n) is 7.08. The summed E-state index contributed by atoms with van der Waals surface area (Å²) in [5.74, 6) is 0.442. The number of ether oxygens (including phenoxy) is 1. The predicted octanol–water partition coefficient (Wildman–Crippen LogP) is 6.74. The summed E-state index contributed by atoms with van der Waals surface area (Å²) in [5, 5.41) is 3.56. The van der Waals surface area contributed by atoms with Crippen LogP contribution in [0.15, 0.2) is 33.3 Å². The van der Waals surface area contributed by atoms with Gasteiger partial charge in [-0.25, -0.2) is 9.59 Å². The Morgan fingerprint density at radius 3 is 2.32 bits per heavy atom. The molecule has 2 aromatic rings. The Morgan fingerprint density at radius 1 is 1.00 bits per heavy atom. The van der Waals surface area contributed by atoms with E-state index in [1.54, 1.807) is 4.90 Å². The highest BCUT2D eigenvalue weighted by Crippen LogP contribution is 2.46. The lowest BCUT2D eigenvalue weighted by Crippen LogP contribution is -2.52. The van der Waals surface area contributed by atoms with Crippen LogP contribution in [-0.2, 0) is 27.2 Å². The van der Waals surface area contributed by atoms with Crippen LogP contribution in [0.1, 0.15) is 74.3 Å². The normalized spacial score (nSPS) is 20.0. The number of urea groups is 1. The maximum atomic E-state index is 13.4. The molecule has 238 valence electrons. The molecule has 0 bridgehead atoms. The zero-order valence-corrected chi connectivity index (χ0v) is 29.5. The van der Waals surface area contributed by atoms with Crippen LogP contribution in [0.3, 0.4) is 0 Å². The zero-order chi connectivity index (χ0) is 31.5. The summed E-state index contributed by atoms with van der Waals surface area (Å²) >= 11 is 13.9. The van der Waals surface area contributed by atoms with E-state index in [1.165, 1.54) is 23.8 Å². The van der Waals surface area contributed by atoms with Crippen LogP contribution in [0, 0.1) is 17.8 Å². The van der Waals surface area contributed by atoms with Crippen molar-refractivity contribution in [2.45, 2.75) is 70.8 Å². The molecule has 3 heterocycles. The first-order chi connectivity index (χ1) is 21.0. The molecule has 0 unspecified atom stereocenters. The molecule has 3 amide bonds. The highest BCUT2D eigenvalue weighted by atomic mass is 79.9. The van der Waals surface area contributed by atoms with Crippen LogP contribution in [0.2, 0.25) is 5.02 Å². The minimum Gasteiger partial charge on any atom is -0.467 e. The summed E-state index contributed by atoms with van der Waals surface area (Å²) in [4.78, 5) is 47.0. The van der Waals surface area contributed by atoms with E-state index in [1.807, 2.05) is 31.0 Å². The number of aromatic nitrogens is 1. The van der Waals surface area contributed by atoms with Crippen LogP contribution in [0.25, 0.3) is 0 Å². The van der Waals surface area contributed by atoms with Gasteiger partial charge in [-0.15, -0.1) is 0 Å². The number of piperidine rings is 2. The number of hydrogen-bond donors (Lipinski definition) is 1. The average Bonchev–Trinajstić information content (AvgIpc) is 3.16. The quantitative estimate of drug-likeness (QED) is 0.331. The monoisotopic (exact) mass is 750 g/mol. The van der Waals surface area contributed by atoms with Gasteiger partial charge in [-0.3, -0.25) is 9.78 Å². The fourth-order valence-corrected chi connectivity index (χ4v) is 8.58. The van der Waals surface area contributed by atoms with E-state index in [9.17, 15) is 14.4 Å². The van der Waals surface area contributed by atoms with Gasteiger partial charge in [-0.05, 0) is 107 Å². The minimum absolute atomic E-state index is 0.0730. The predicted molar refractivity (Wildman–Crippen MR) is 178 cm³/mol. The molecule has 44 heavy (non-hydrogen) atoms. The van der Waals surface area contributed by atoms with Crippen molar-refractivity contribution >= 4 is 61.4 Å². The Balaban J connectivity index is 1.18. The Hall–Kier alpha value is -2.17. The van der Waals surface area contributed by atoms with Gasteiger partial charge in [0.25, 0.3) is 0 Å². The third-order valence-corrected chi connectivity index (χ3v) is 10.9. The van der Waals surface area contributed by atoms with E-state index in [0.29, 0.717) is 25.4 Å². The maximum absolute atomic E-state index is 13.4. The molecule has 2 saturated heterocycles. The smallest absolute Gasteiger partial charge is 0.328 e. The van der Waals surface area contributed by atoms with Gasteiger partial charge < -0.3 is 19.9 Å². The number of hydrogen-bond acceptors (Lipinski definition) is 5. The number of aryl methyl sites for hydroxylation is 2. The first-order valence-electron chi connectivity index (χ1n) is 15.6. The van der Waals surface area contributed by atoms with Crippen molar-refractivity contribution in [1.82, 2.24) is 20.1 Å². The third-order valence-electron chi connectivity index (χ3n) is 9.55. The molecule has 1 aromatic heterocycles. The molecule has 0 radical (unpaired) electrons. The van der Waals surface area contributed by atoms with E-state index < -0.39 is 12.0 Å². The van der Waals surface area contributed by atoms with Crippen LogP contribution in [0.5, 0.6) is 0 Å². The van der Waals surface area contributed by atoms with Gasteiger partial charge >= 0.3 is 12.0 Å². The van der Waals surface area contributed by atoms with Crippen LogP contribution < -0.4 is 5.32 Å². The highest BCUT2D eigenvalue weighted by molar-refractivity contribution is 9.10. The largest absolute Gasteiger partial charge is 0.467 e. The molecule has 11 heteroatoms. The van der Waals surface area contributed by atoms with Crippen LogP contribution in [-0.4, -0.2) is 72.0 Å². The molecule has 1 aliphatic carbocycles. The number of nitrogens with zero attached hydrogens (tertiary/aromatic N) is 3. The van der Waals surface area contributed by atoms with Gasteiger partial charge in [0.15, 0.2) is 0 Å². The number of fused-ring (bicyclic) bond motifs is 2. The third kappa shape index (κ3) is 7.44. The van der Waals surface area contributed by atoms with Crippen molar-refractivity contribution in [2.24, 2.45) is 17.8 Å². The molecule has 0 spiro atoms. The van der Waals surface area contributed by atoms with Gasteiger partial charge in [0.1, 0.15) is 6.04 Å². The Morgan fingerprint density at radius 2 is 1.66 bits per heavy atom. The topological polar surface area (TPSA) is 91.8 Å². The lowest BCUT2D eigenvalue weighted by Gasteiger charge is -2.38. The van der Waals surface area contributed by atoms with Gasteiger partial charge in [0.2, 0.25) is 5.91 Å². The Labute approximate surface area is 281 Å². The van der Waals surface area contributed by atoms with E-state index >= 15 is 0 Å². The number of methoxy groups -OCH3 is 1. The molecule has 2 aliphatic heterocycles. The fraction of sp³-hybridized carbons (Fsp3) is 0.576. The molecular weight excluding hydrogens is 712 g/mol. The number of nitrogens with one attached hydrogen (secondary N) is 1. The summed E-state index contributed by atoms with van der Waals surface area (Å²) in [6, 6.07) is 5.37. The number of halogens is 3. The second-order valence-electron chi connectivity index (χ2n) is 12.7. The summed E-state index contributed by atoms with van der Waals surface area (Å²) in [6.07, 6.45) is 7.61. The Kier molecular flexibility index (Phi) is 10.9. The number of likely N-dealkylation sites (tertiary alicyclic amines) is 2. The average molecular weight is 753 g/mol. The molecule has 5 rings (SSSR count). The summed E-state index contributed by atoms with van der Waals surface area (Å²) in [6.45, 7) is 6.36. The number of carbonyl (C=O) groups excluding carboxylic acids is 3. The molecule has 1 N–H and O–H groups in total. The molecule has 1 aromatic carbocycles. The van der Waals surface area contributed by atoms with E-state index in [0.717, 1.165) is 71.3 Å². The second kappa shape index (κ2) is 14.5. The van der Waals surface area contributed by atoms with Crippen molar-refractivity contribution in [1.29, 1.82) is 0 Å². The van der Waals surface area contributed by atoms with E-state index in [4.69, 9.17) is 21.3 Å². The molecule has 2 fully saturated rings. The number of amides is 3. The molecule has 8 nitrogen and oxygen atoms in total. The molecule has 0 saturated carbocycles. The van der Waals surface area contributed by atoms with Gasteiger partial charge in [0, 0.05) is 58.7 Å². The van der Waals surface area contributed by atoms with Crippen molar-refractivity contribution in [3.63, 3.8) is 0 Å². The van der Waals surface area contributed by atoms with Crippen molar-refractivity contribution < 1.29 is 19.1 Å². The lowest BCUT2D eigenvalue weighted by molar-refractivity contribution is -0.144. The molecular formula is C33H41Br2ClN4O4. The van der Waals surface area contributed by atoms with Crippen molar-refractivity contribution in [3.05, 3.63) is 60.7 Å². The van der Waals surface area contributed by atoms with Crippen LogP contribution in [0.4, 0.5) is 4.79 Å². The van der Waals surface area contributed by atoms with E-state index in [-0.39, 0.29) is 29.7 Å². The van der Waals surface area contributed by atoms with Gasteiger partial charge in [0.05, 0.1) is 12.8 Å². The van der Waals surface area contributed by atoms with Gasteiger partial charge in [-0.1, -0.05) is 41.4 Å². The number of pyridine rings is 1. The second-order valence-corrected chi connectivity index (χ2v) is 14.9. The molecule has 2 atom stereocenters. The van der Waals surface area contributed by atoms with Crippen molar-refractivity contribution in [2.75, 3.05) is 33.3 Å². The van der Waals surface area contributed by atoms with Crippen LogP contribution >= 0.6 is 43.5 Å². The lowest BCUT2D eigenvalue weighted by atomic mass is 9.76. The standard InChI is InChI=1S/C33H41Br2ClN4O4/c1-19(2)30(32(42)44-3)38-33(43)40-10-6-20(7-11-40)14-27(41)39-12-8-21(9-13-39)29-28-22(16-25(36)17-26(28)35)4-5-23-15-24(34)18-37-31(23)29/h15-21,29-30H,4-14H2,1-3H3,(H,38,43)/t29-,30+/m1/s1. The van der Waals surface area contributed by atoms with E-state index in [2.05, 4.69) is 49.3 Å². The number of benzene rings is 1. The van der Waals surface area contributed by atoms with Crippen molar-refractivity contribution in [3.8, 4) is 0 Å². The van der Waals surface area contributed by atoms with Gasteiger partial charge in [-0.2, -0.15) is 0 Å². The first-order valence-corrected chi connectivity index (χ1v) is 17.5.